The van der Waals surface area contributed by atoms with Crippen molar-refractivity contribution in [1.82, 2.24) is 14.8 Å². The Morgan fingerprint density at radius 2 is 1.70 bits per heavy atom. The number of aromatic nitrogens is 2. The van der Waals surface area contributed by atoms with E-state index in [2.05, 4.69) is 38.1 Å². The summed E-state index contributed by atoms with van der Waals surface area (Å²) < 4.78 is 1.58. The Kier molecular flexibility index (Phi) is 5.28. The molecular formula is C18H27N9. The van der Waals surface area contributed by atoms with Gasteiger partial charge in [-0.25, -0.2) is 10.1 Å². The Morgan fingerprint density at radius 3 is 2.19 bits per heavy atom. The molecule has 2 unspecified atom stereocenters. The molecule has 1 aromatic rings. The van der Waals surface area contributed by atoms with Crippen LogP contribution in [0.1, 0.15) is 52.8 Å². The fraction of sp³-hybridized carbons (Fsp3) is 0.667. The zero-order valence-electron chi connectivity index (χ0n) is 17.2. The highest BCUT2D eigenvalue weighted by Gasteiger charge is 2.41. The Bertz CT molecular complexity index is 850. The first-order chi connectivity index (χ1) is 12.4. The maximum absolute atomic E-state index is 9.59. The van der Waals surface area contributed by atoms with E-state index in [1.165, 1.54) is 0 Å². The van der Waals surface area contributed by atoms with E-state index in [4.69, 9.17) is 0 Å². The third-order valence-electron chi connectivity index (χ3n) is 4.35. The molecule has 0 fully saturated rings. The fourth-order valence-electron chi connectivity index (χ4n) is 2.95. The highest BCUT2D eigenvalue weighted by atomic mass is 15.6. The third kappa shape index (κ3) is 3.92. The summed E-state index contributed by atoms with van der Waals surface area (Å²) in [6.45, 7) is 12.0. The lowest BCUT2D eigenvalue weighted by atomic mass is 9.82. The number of nitriles is 2. The van der Waals surface area contributed by atoms with Crippen molar-refractivity contribution in [1.29, 1.82) is 10.5 Å². The van der Waals surface area contributed by atoms with Gasteiger partial charge in [0.15, 0.2) is 12.0 Å². The zero-order chi connectivity index (χ0) is 20.6. The number of aryl methyl sites for hydroxylation is 1. The molecule has 0 bridgehead atoms. The van der Waals surface area contributed by atoms with Gasteiger partial charge in [0.05, 0.1) is 17.5 Å². The molecule has 2 rings (SSSR count). The average Bonchev–Trinajstić information content (AvgIpc) is 3.04. The SMILES string of the molecule is CN1N=C(C(C)(C)C)C(C#N)C1N=NNc1c(C#N)c(C(C)(C)C)nn1C. The summed E-state index contributed by atoms with van der Waals surface area (Å²) in [6.07, 6.45) is -0.516. The Hall–Kier alpha value is -2.94. The van der Waals surface area contributed by atoms with E-state index in [9.17, 15) is 10.5 Å². The predicted molar refractivity (Wildman–Crippen MR) is 103 cm³/mol. The molecule has 1 aromatic heterocycles. The van der Waals surface area contributed by atoms with Gasteiger partial charge >= 0.3 is 0 Å². The van der Waals surface area contributed by atoms with Crippen LogP contribution in [0.4, 0.5) is 5.82 Å². The molecule has 9 heteroatoms. The zero-order valence-corrected chi connectivity index (χ0v) is 17.2. The first-order valence-electron chi connectivity index (χ1n) is 8.76. The Morgan fingerprint density at radius 1 is 1.07 bits per heavy atom. The van der Waals surface area contributed by atoms with Gasteiger partial charge in [-0.3, -0.25) is 5.01 Å². The summed E-state index contributed by atoms with van der Waals surface area (Å²) in [6, 6.07) is 4.48. The molecule has 0 amide bonds. The van der Waals surface area contributed by atoms with E-state index in [1.807, 2.05) is 41.5 Å². The molecule has 0 saturated carbocycles. The van der Waals surface area contributed by atoms with E-state index < -0.39 is 12.1 Å². The molecule has 0 saturated heterocycles. The van der Waals surface area contributed by atoms with Gasteiger partial charge in [-0.2, -0.15) is 20.7 Å². The monoisotopic (exact) mass is 369 g/mol. The number of hydrazone groups is 1. The molecule has 1 aliphatic rings. The molecule has 1 aliphatic heterocycles. The van der Waals surface area contributed by atoms with Gasteiger partial charge in [-0.05, 0) is 0 Å². The summed E-state index contributed by atoms with van der Waals surface area (Å²) in [5, 5.41) is 38.0. The largest absolute Gasteiger partial charge is 0.272 e. The van der Waals surface area contributed by atoms with Gasteiger partial charge in [-0.1, -0.05) is 46.8 Å². The second kappa shape index (κ2) is 6.99. The number of hydrogen-bond acceptors (Lipinski definition) is 7. The van der Waals surface area contributed by atoms with Crippen LogP contribution in [-0.2, 0) is 12.5 Å². The summed E-state index contributed by atoms with van der Waals surface area (Å²) >= 11 is 0. The Balaban J connectivity index is 2.26. The second-order valence-electron chi connectivity index (χ2n) is 8.71. The van der Waals surface area contributed by atoms with E-state index in [1.54, 1.807) is 23.8 Å². The van der Waals surface area contributed by atoms with Crippen molar-refractivity contribution in [3.8, 4) is 12.1 Å². The van der Waals surface area contributed by atoms with Crippen LogP contribution < -0.4 is 5.43 Å². The first-order valence-corrected chi connectivity index (χ1v) is 8.76. The number of rotatable bonds is 3. The molecule has 2 heterocycles. The van der Waals surface area contributed by atoms with Crippen molar-refractivity contribution in [2.75, 3.05) is 12.5 Å². The van der Waals surface area contributed by atoms with Crippen LogP contribution in [0.25, 0.3) is 0 Å². The normalized spacial score (nSPS) is 20.5. The van der Waals surface area contributed by atoms with Crippen molar-refractivity contribution in [2.45, 2.75) is 53.1 Å². The summed E-state index contributed by atoms with van der Waals surface area (Å²) in [7, 11) is 3.52. The highest BCUT2D eigenvalue weighted by Crippen LogP contribution is 2.32. The van der Waals surface area contributed by atoms with Gasteiger partial charge in [0.2, 0.25) is 0 Å². The smallest absolute Gasteiger partial charge is 0.180 e. The third-order valence-corrected chi connectivity index (χ3v) is 4.35. The molecule has 0 aliphatic carbocycles. The van der Waals surface area contributed by atoms with Gasteiger partial charge in [-0.15, -0.1) is 5.11 Å². The van der Waals surface area contributed by atoms with Crippen molar-refractivity contribution in [3.05, 3.63) is 11.3 Å². The molecule has 27 heavy (non-hydrogen) atoms. The standard InChI is InChI=1S/C18H27N9/c1-17(2,3)13-11(9-19)15(26(7)23-13)21-25-22-16-12(10-20)14(18(4,5)6)24-27(16)8/h11,15H,1-8H3,(H,21,22). The second-order valence-corrected chi connectivity index (χ2v) is 8.71. The van der Waals surface area contributed by atoms with Gasteiger partial charge < -0.3 is 0 Å². The molecule has 9 nitrogen and oxygen atoms in total. The number of anilines is 1. The van der Waals surface area contributed by atoms with Gasteiger partial charge in [0.25, 0.3) is 0 Å². The fourth-order valence-corrected chi connectivity index (χ4v) is 2.95. The van der Waals surface area contributed by atoms with Crippen molar-refractivity contribution < 1.29 is 0 Å². The van der Waals surface area contributed by atoms with Crippen LogP contribution in [0, 0.1) is 34.0 Å². The maximum Gasteiger partial charge on any atom is 0.180 e. The van der Waals surface area contributed by atoms with E-state index in [0.29, 0.717) is 17.1 Å². The van der Waals surface area contributed by atoms with Crippen molar-refractivity contribution in [3.63, 3.8) is 0 Å². The number of nitrogens with zero attached hydrogens (tertiary/aromatic N) is 8. The first kappa shape index (κ1) is 20.4. The summed E-state index contributed by atoms with van der Waals surface area (Å²) in [5.74, 6) is -0.00930. The lowest BCUT2D eigenvalue weighted by Crippen LogP contribution is -2.32. The molecule has 0 radical (unpaired) electrons. The van der Waals surface area contributed by atoms with Crippen LogP contribution in [0.2, 0.25) is 0 Å². The lowest BCUT2D eigenvalue weighted by Gasteiger charge is -2.20. The van der Waals surface area contributed by atoms with Crippen molar-refractivity contribution >= 4 is 11.5 Å². The quantitative estimate of drug-likeness (QED) is 0.648. The number of nitrogens with one attached hydrogen (secondary N) is 1. The molecule has 0 aromatic carbocycles. The molecule has 2 atom stereocenters. The van der Waals surface area contributed by atoms with E-state index in [-0.39, 0.29) is 10.8 Å². The molecule has 0 spiro atoms. The summed E-state index contributed by atoms with van der Waals surface area (Å²) in [5.41, 5.74) is 4.23. The van der Waals surface area contributed by atoms with Crippen LogP contribution in [-0.4, -0.2) is 33.7 Å². The molecular weight excluding hydrogens is 342 g/mol. The molecule has 1 N–H and O–H groups in total. The van der Waals surface area contributed by atoms with E-state index in [0.717, 1.165) is 5.71 Å². The van der Waals surface area contributed by atoms with Crippen LogP contribution >= 0.6 is 0 Å². The minimum Gasteiger partial charge on any atom is -0.272 e. The maximum atomic E-state index is 9.59. The molecule has 144 valence electrons. The topological polar surface area (TPSA) is 118 Å². The van der Waals surface area contributed by atoms with Crippen LogP contribution in [0.5, 0.6) is 0 Å². The Labute approximate surface area is 160 Å². The predicted octanol–water partition coefficient (Wildman–Crippen LogP) is 3.18. The highest BCUT2D eigenvalue weighted by molar-refractivity contribution is 5.94. The number of hydrogen-bond donors (Lipinski definition) is 1. The van der Waals surface area contributed by atoms with Crippen molar-refractivity contribution in [2.24, 2.45) is 33.8 Å². The minimum atomic E-state index is -0.516. The summed E-state index contributed by atoms with van der Waals surface area (Å²) in [4.78, 5) is 0. The lowest BCUT2D eigenvalue weighted by molar-refractivity contribution is 0.263. The van der Waals surface area contributed by atoms with E-state index >= 15 is 0 Å². The van der Waals surface area contributed by atoms with Gasteiger partial charge in [0.1, 0.15) is 17.6 Å². The average molecular weight is 369 g/mol. The van der Waals surface area contributed by atoms with Crippen LogP contribution in [0.15, 0.2) is 15.4 Å². The minimum absolute atomic E-state index is 0.232. The van der Waals surface area contributed by atoms with Gasteiger partial charge in [0, 0.05) is 24.9 Å². The van der Waals surface area contributed by atoms with Crippen LogP contribution in [0.3, 0.4) is 0 Å².